The number of hydrogen-bond donors (Lipinski definition) is 2. The number of amides is 1. The molecule has 3 nitrogen and oxygen atoms in total. The molecule has 110 valence electrons. The average molecular weight is 339 g/mol. The molecule has 1 aliphatic rings. The largest absolute Gasteiger partial charge is 0.353 e. The number of hydrogen-bond acceptors (Lipinski definition) is 2. The minimum absolute atomic E-state index is 0.178. The summed E-state index contributed by atoms with van der Waals surface area (Å²) >= 11 is 3.54. The van der Waals surface area contributed by atoms with Crippen LogP contribution in [-0.4, -0.2) is 18.0 Å². The van der Waals surface area contributed by atoms with Crippen molar-refractivity contribution in [2.24, 2.45) is 5.73 Å². The molecule has 0 aromatic heterocycles. The Bertz CT molecular complexity index is 442. The lowest BCUT2D eigenvalue weighted by molar-refractivity contribution is -0.122. The van der Waals surface area contributed by atoms with Crippen LogP contribution in [-0.2, 0) is 11.2 Å². The lowest BCUT2D eigenvalue weighted by Gasteiger charge is -2.26. The van der Waals surface area contributed by atoms with Gasteiger partial charge in [0.2, 0.25) is 5.91 Å². The topological polar surface area (TPSA) is 55.1 Å². The highest BCUT2D eigenvalue weighted by atomic mass is 79.9. The van der Waals surface area contributed by atoms with Gasteiger partial charge in [0.25, 0.3) is 0 Å². The molecule has 3 N–H and O–H groups in total. The zero-order chi connectivity index (χ0) is 14.4. The SMILES string of the molecule is NC1CCC(NC(=O)CCCc2ccccc2Br)CC1. The minimum Gasteiger partial charge on any atom is -0.353 e. The molecule has 0 radical (unpaired) electrons. The van der Waals surface area contributed by atoms with Crippen LogP contribution < -0.4 is 11.1 Å². The standard InChI is InChI=1S/C16H23BrN2O/c17-15-6-2-1-4-12(15)5-3-7-16(20)19-14-10-8-13(18)9-11-14/h1-2,4,6,13-14H,3,5,7-11,18H2,(H,19,20). The molecule has 20 heavy (non-hydrogen) atoms. The third kappa shape index (κ3) is 4.91. The maximum atomic E-state index is 11.9. The third-order valence-electron chi connectivity index (χ3n) is 3.94. The summed E-state index contributed by atoms with van der Waals surface area (Å²) in [5.74, 6) is 0.178. The number of halogens is 1. The average Bonchev–Trinajstić information content (AvgIpc) is 2.43. The van der Waals surface area contributed by atoms with E-state index in [-0.39, 0.29) is 5.91 Å². The highest BCUT2D eigenvalue weighted by Crippen LogP contribution is 2.19. The second kappa shape index (κ2) is 7.79. The molecular formula is C16H23BrN2O. The Hall–Kier alpha value is -0.870. The molecule has 0 atom stereocenters. The summed E-state index contributed by atoms with van der Waals surface area (Å²) < 4.78 is 1.13. The van der Waals surface area contributed by atoms with Crippen LogP contribution in [0.2, 0.25) is 0 Å². The van der Waals surface area contributed by atoms with E-state index in [0.717, 1.165) is 43.0 Å². The maximum Gasteiger partial charge on any atom is 0.220 e. The van der Waals surface area contributed by atoms with Crippen LogP contribution in [0, 0.1) is 0 Å². The number of rotatable bonds is 5. The van der Waals surface area contributed by atoms with E-state index in [1.54, 1.807) is 0 Å². The van der Waals surface area contributed by atoms with Crippen LogP contribution in [0.3, 0.4) is 0 Å². The number of nitrogens with one attached hydrogen (secondary N) is 1. The van der Waals surface area contributed by atoms with Crippen LogP contribution >= 0.6 is 15.9 Å². The molecule has 1 saturated carbocycles. The molecule has 1 aliphatic carbocycles. The van der Waals surface area contributed by atoms with Crippen LogP contribution in [0.25, 0.3) is 0 Å². The van der Waals surface area contributed by atoms with Gasteiger partial charge in [-0.2, -0.15) is 0 Å². The Morgan fingerprint density at radius 1 is 1.25 bits per heavy atom. The highest BCUT2D eigenvalue weighted by molar-refractivity contribution is 9.10. The number of nitrogens with two attached hydrogens (primary N) is 1. The Balaban J connectivity index is 1.67. The van der Waals surface area contributed by atoms with Gasteiger partial charge in [0, 0.05) is 23.0 Å². The fourth-order valence-corrected chi connectivity index (χ4v) is 3.19. The number of aryl methyl sites for hydroxylation is 1. The summed E-state index contributed by atoms with van der Waals surface area (Å²) in [5, 5.41) is 3.13. The normalized spacial score (nSPS) is 22.5. The fraction of sp³-hybridized carbons (Fsp3) is 0.562. The summed E-state index contributed by atoms with van der Waals surface area (Å²) in [6.07, 6.45) is 6.53. The first-order valence-corrected chi connectivity index (χ1v) is 8.23. The molecule has 0 unspecified atom stereocenters. The highest BCUT2D eigenvalue weighted by Gasteiger charge is 2.19. The van der Waals surface area contributed by atoms with E-state index in [4.69, 9.17) is 5.73 Å². The van der Waals surface area contributed by atoms with Crippen molar-refractivity contribution in [3.8, 4) is 0 Å². The second-order valence-corrected chi connectivity index (χ2v) is 6.48. The molecule has 1 aromatic carbocycles. The quantitative estimate of drug-likeness (QED) is 0.866. The zero-order valence-electron chi connectivity index (χ0n) is 11.8. The number of carbonyl (C=O) groups is 1. The van der Waals surface area contributed by atoms with E-state index >= 15 is 0 Å². The van der Waals surface area contributed by atoms with Crippen molar-refractivity contribution < 1.29 is 4.79 Å². The van der Waals surface area contributed by atoms with Gasteiger partial charge in [-0.3, -0.25) is 4.79 Å². The molecule has 0 heterocycles. The van der Waals surface area contributed by atoms with Crippen molar-refractivity contribution in [2.75, 3.05) is 0 Å². The van der Waals surface area contributed by atoms with E-state index in [1.807, 2.05) is 18.2 Å². The molecule has 0 saturated heterocycles. The number of benzene rings is 1. The minimum atomic E-state index is 0.178. The van der Waals surface area contributed by atoms with Gasteiger partial charge in [-0.05, 0) is 50.2 Å². The first-order valence-electron chi connectivity index (χ1n) is 7.43. The van der Waals surface area contributed by atoms with Gasteiger partial charge in [0.05, 0.1) is 0 Å². The molecular weight excluding hydrogens is 316 g/mol. The van der Waals surface area contributed by atoms with Crippen LogP contribution in [0.5, 0.6) is 0 Å². The summed E-state index contributed by atoms with van der Waals surface area (Å²) in [6.45, 7) is 0. The smallest absolute Gasteiger partial charge is 0.220 e. The Kier molecular flexibility index (Phi) is 6.05. The van der Waals surface area contributed by atoms with Crippen molar-refractivity contribution >= 4 is 21.8 Å². The molecule has 2 rings (SSSR count). The van der Waals surface area contributed by atoms with Gasteiger partial charge in [0.1, 0.15) is 0 Å². The second-order valence-electron chi connectivity index (χ2n) is 5.62. The fourth-order valence-electron chi connectivity index (χ4n) is 2.70. The van der Waals surface area contributed by atoms with E-state index in [0.29, 0.717) is 18.5 Å². The van der Waals surface area contributed by atoms with Crippen molar-refractivity contribution in [1.82, 2.24) is 5.32 Å². The molecule has 1 aromatic rings. The van der Waals surface area contributed by atoms with Gasteiger partial charge in [-0.1, -0.05) is 34.1 Å². The Morgan fingerprint density at radius 3 is 2.65 bits per heavy atom. The van der Waals surface area contributed by atoms with Crippen LogP contribution in [0.1, 0.15) is 44.1 Å². The van der Waals surface area contributed by atoms with Gasteiger partial charge in [-0.15, -0.1) is 0 Å². The van der Waals surface area contributed by atoms with Crippen LogP contribution in [0.15, 0.2) is 28.7 Å². The van der Waals surface area contributed by atoms with Gasteiger partial charge in [-0.25, -0.2) is 0 Å². The summed E-state index contributed by atoms with van der Waals surface area (Å²) in [5.41, 5.74) is 7.14. The van der Waals surface area contributed by atoms with Gasteiger partial charge < -0.3 is 11.1 Å². The maximum absolute atomic E-state index is 11.9. The Labute approximate surface area is 129 Å². The molecule has 0 bridgehead atoms. The van der Waals surface area contributed by atoms with E-state index in [9.17, 15) is 4.79 Å². The molecule has 0 spiro atoms. The van der Waals surface area contributed by atoms with E-state index in [1.165, 1.54) is 5.56 Å². The van der Waals surface area contributed by atoms with Crippen molar-refractivity contribution in [3.63, 3.8) is 0 Å². The molecule has 4 heteroatoms. The summed E-state index contributed by atoms with van der Waals surface area (Å²) in [4.78, 5) is 11.9. The molecule has 0 aliphatic heterocycles. The monoisotopic (exact) mass is 338 g/mol. The lowest BCUT2D eigenvalue weighted by Crippen LogP contribution is -2.40. The Morgan fingerprint density at radius 2 is 1.95 bits per heavy atom. The van der Waals surface area contributed by atoms with Crippen LogP contribution in [0.4, 0.5) is 0 Å². The molecule has 1 amide bonds. The predicted molar refractivity (Wildman–Crippen MR) is 85.5 cm³/mol. The first-order chi connectivity index (χ1) is 9.65. The zero-order valence-corrected chi connectivity index (χ0v) is 13.4. The molecule has 1 fully saturated rings. The first kappa shape index (κ1) is 15.5. The lowest BCUT2D eigenvalue weighted by atomic mass is 9.92. The van der Waals surface area contributed by atoms with Crippen molar-refractivity contribution in [3.05, 3.63) is 34.3 Å². The summed E-state index contributed by atoms with van der Waals surface area (Å²) in [7, 11) is 0. The van der Waals surface area contributed by atoms with E-state index in [2.05, 4.69) is 27.3 Å². The van der Waals surface area contributed by atoms with Crippen molar-refractivity contribution in [2.45, 2.75) is 57.0 Å². The van der Waals surface area contributed by atoms with Gasteiger partial charge >= 0.3 is 0 Å². The van der Waals surface area contributed by atoms with E-state index < -0.39 is 0 Å². The summed E-state index contributed by atoms with van der Waals surface area (Å²) in [6, 6.07) is 8.86. The predicted octanol–water partition coefficient (Wildman–Crippen LogP) is 3.16. The number of carbonyl (C=O) groups excluding carboxylic acids is 1. The third-order valence-corrected chi connectivity index (χ3v) is 4.72. The van der Waals surface area contributed by atoms with Gasteiger partial charge in [0.15, 0.2) is 0 Å². The van der Waals surface area contributed by atoms with Crippen molar-refractivity contribution in [1.29, 1.82) is 0 Å².